The van der Waals surface area contributed by atoms with Crippen LogP contribution in [0.15, 0.2) is 24.3 Å². The van der Waals surface area contributed by atoms with Gasteiger partial charge < -0.3 is 28.4 Å². The molecule has 1 aromatic rings. The van der Waals surface area contributed by atoms with E-state index < -0.39 is 18.7 Å². The topological polar surface area (TPSA) is 72.5 Å². The van der Waals surface area contributed by atoms with Crippen molar-refractivity contribution in [3.05, 3.63) is 29.8 Å². The quantitative estimate of drug-likeness (QED) is 0.775. The summed E-state index contributed by atoms with van der Waals surface area (Å²) in [7, 11) is 3.14. The fourth-order valence-electron chi connectivity index (χ4n) is 2.97. The molecule has 2 fully saturated rings. The van der Waals surface area contributed by atoms with Crippen LogP contribution in [-0.4, -0.2) is 51.4 Å². The van der Waals surface area contributed by atoms with Gasteiger partial charge in [0.25, 0.3) is 0 Å². The van der Waals surface area contributed by atoms with E-state index in [-0.39, 0.29) is 18.2 Å². The van der Waals surface area contributed by atoms with Crippen molar-refractivity contribution in [1.29, 1.82) is 0 Å². The summed E-state index contributed by atoms with van der Waals surface area (Å²) in [4.78, 5) is 11.3. The maximum absolute atomic E-state index is 11.3. The first kappa shape index (κ1) is 17.2. The molecule has 0 spiro atoms. The lowest BCUT2D eigenvalue weighted by Crippen LogP contribution is -2.54. The molecule has 0 N–H and O–H groups in total. The van der Waals surface area contributed by atoms with Crippen LogP contribution in [0.3, 0.4) is 0 Å². The lowest BCUT2D eigenvalue weighted by Gasteiger charge is -2.44. The number of methoxy groups -OCH3 is 2. The van der Waals surface area contributed by atoms with Gasteiger partial charge in [-0.25, -0.2) is 0 Å². The van der Waals surface area contributed by atoms with Crippen LogP contribution in [0.2, 0.25) is 0 Å². The van der Waals surface area contributed by atoms with Crippen LogP contribution in [0.1, 0.15) is 25.2 Å². The van der Waals surface area contributed by atoms with E-state index in [0.29, 0.717) is 13.0 Å². The van der Waals surface area contributed by atoms with Crippen molar-refractivity contribution in [2.75, 3.05) is 20.8 Å². The first-order valence-electron chi connectivity index (χ1n) is 7.87. The smallest absolute Gasteiger partial charge is 0.303 e. The molecule has 0 bridgehead atoms. The Morgan fingerprint density at radius 1 is 1.12 bits per heavy atom. The highest BCUT2D eigenvalue weighted by molar-refractivity contribution is 5.66. The fourth-order valence-corrected chi connectivity index (χ4v) is 2.97. The van der Waals surface area contributed by atoms with Crippen LogP contribution in [-0.2, 0) is 28.5 Å². The third kappa shape index (κ3) is 3.70. The Hall–Kier alpha value is -1.67. The van der Waals surface area contributed by atoms with Gasteiger partial charge in [-0.3, -0.25) is 4.79 Å². The number of hydrogen-bond donors (Lipinski definition) is 0. The van der Waals surface area contributed by atoms with E-state index in [1.807, 2.05) is 24.3 Å². The van der Waals surface area contributed by atoms with Gasteiger partial charge in [0.2, 0.25) is 0 Å². The molecule has 1 unspecified atom stereocenters. The number of ether oxygens (including phenoxy) is 6. The Labute approximate surface area is 140 Å². The van der Waals surface area contributed by atoms with E-state index in [4.69, 9.17) is 28.4 Å². The molecule has 0 amide bonds. The SMILES string of the molecule is COc1ccc(C2OC[C@H]3O[C@H](OC)[C@@H](OC(C)=O)C[C@H]3O2)cc1. The monoisotopic (exact) mass is 338 g/mol. The van der Waals surface area contributed by atoms with Crippen molar-refractivity contribution in [2.45, 2.75) is 44.2 Å². The van der Waals surface area contributed by atoms with Gasteiger partial charge in [-0.2, -0.15) is 0 Å². The molecular formula is C17H22O7. The van der Waals surface area contributed by atoms with Gasteiger partial charge in [0.1, 0.15) is 11.9 Å². The molecule has 2 heterocycles. The maximum atomic E-state index is 11.3. The largest absolute Gasteiger partial charge is 0.497 e. The zero-order valence-electron chi connectivity index (χ0n) is 14.0. The van der Waals surface area contributed by atoms with Crippen molar-refractivity contribution in [1.82, 2.24) is 0 Å². The van der Waals surface area contributed by atoms with Gasteiger partial charge in [0.15, 0.2) is 18.7 Å². The highest BCUT2D eigenvalue weighted by Crippen LogP contribution is 2.35. The summed E-state index contributed by atoms with van der Waals surface area (Å²) in [5.41, 5.74) is 0.896. The summed E-state index contributed by atoms with van der Waals surface area (Å²) < 4.78 is 33.3. The van der Waals surface area contributed by atoms with E-state index in [2.05, 4.69) is 0 Å². The van der Waals surface area contributed by atoms with Crippen LogP contribution in [0.4, 0.5) is 0 Å². The summed E-state index contributed by atoms with van der Waals surface area (Å²) in [6.45, 7) is 1.75. The number of rotatable bonds is 4. The molecule has 0 saturated carbocycles. The molecule has 2 saturated heterocycles. The summed E-state index contributed by atoms with van der Waals surface area (Å²) in [5, 5.41) is 0. The van der Waals surface area contributed by atoms with E-state index in [9.17, 15) is 4.79 Å². The first-order valence-corrected chi connectivity index (χ1v) is 7.87. The van der Waals surface area contributed by atoms with E-state index in [1.165, 1.54) is 14.0 Å². The van der Waals surface area contributed by atoms with Gasteiger partial charge in [-0.15, -0.1) is 0 Å². The molecule has 132 valence electrons. The molecule has 7 nitrogen and oxygen atoms in total. The number of esters is 1. The molecule has 1 aromatic carbocycles. The highest BCUT2D eigenvalue weighted by Gasteiger charge is 2.44. The minimum Gasteiger partial charge on any atom is -0.497 e. The summed E-state index contributed by atoms with van der Waals surface area (Å²) in [6.07, 6.45) is -1.59. The molecule has 0 aliphatic carbocycles. The van der Waals surface area contributed by atoms with Gasteiger partial charge in [-0.05, 0) is 12.1 Å². The van der Waals surface area contributed by atoms with Gasteiger partial charge >= 0.3 is 5.97 Å². The number of hydrogen-bond acceptors (Lipinski definition) is 7. The molecule has 24 heavy (non-hydrogen) atoms. The number of carbonyl (C=O) groups is 1. The maximum Gasteiger partial charge on any atom is 0.303 e. The third-order valence-corrected chi connectivity index (χ3v) is 4.14. The Morgan fingerprint density at radius 3 is 2.50 bits per heavy atom. The first-order chi connectivity index (χ1) is 11.6. The number of fused-ring (bicyclic) bond motifs is 1. The third-order valence-electron chi connectivity index (χ3n) is 4.14. The van der Waals surface area contributed by atoms with Crippen LogP contribution in [0, 0.1) is 0 Å². The lowest BCUT2D eigenvalue weighted by atomic mass is 10.0. The van der Waals surface area contributed by atoms with Gasteiger partial charge in [-0.1, -0.05) is 12.1 Å². The Kier molecular flexibility index (Phi) is 5.35. The van der Waals surface area contributed by atoms with Crippen molar-refractivity contribution < 1.29 is 33.2 Å². The second-order valence-corrected chi connectivity index (χ2v) is 5.78. The predicted octanol–water partition coefficient (Wildman–Crippen LogP) is 1.80. The van der Waals surface area contributed by atoms with E-state index in [0.717, 1.165) is 11.3 Å². The van der Waals surface area contributed by atoms with Crippen molar-refractivity contribution in [3.63, 3.8) is 0 Å². The van der Waals surface area contributed by atoms with Crippen LogP contribution in [0.5, 0.6) is 5.75 Å². The Bertz CT molecular complexity index is 559. The minimum atomic E-state index is -0.611. The summed E-state index contributed by atoms with van der Waals surface area (Å²) >= 11 is 0. The van der Waals surface area contributed by atoms with Crippen LogP contribution >= 0.6 is 0 Å². The molecule has 5 atom stereocenters. The molecule has 0 aromatic heterocycles. The summed E-state index contributed by atoms with van der Waals surface area (Å²) in [5.74, 6) is 0.397. The van der Waals surface area contributed by atoms with Gasteiger partial charge in [0, 0.05) is 26.0 Å². The zero-order valence-corrected chi connectivity index (χ0v) is 14.0. The molecule has 2 aliphatic rings. The van der Waals surface area contributed by atoms with Crippen molar-refractivity contribution in [3.8, 4) is 5.75 Å². The number of benzene rings is 1. The predicted molar refractivity (Wildman–Crippen MR) is 82.4 cm³/mol. The fraction of sp³-hybridized carbons (Fsp3) is 0.588. The molecule has 7 heteroatoms. The molecule has 0 radical (unpaired) electrons. The molecule has 3 rings (SSSR count). The van der Waals surface area contributed by atoms with Crippen molar-refractivity contribution in [2.24, 2.45) is 0 Å². The second-order valence-electron chi connectivity index (χ2n) is 5.78. The molecular weight excluding hydrogens is 316 g/mol. The van der Waals surface area contributed by atoms with Gasteiger partial charge in [0.05, 0.1) is 19.8 Å². The highest BCUT2D eigenvalue weighted by atomic mass is 16.8. The van der Waals surface area contributed by atoms with Crippen molar-refractivity contribution >= 4 is 5.97 Å². The average Bonchev–Trinajstić information content (AvgIpc) is 2.60. The Balaban J connectivity index is 1.68. The van der Waals surface area contributed by atoms with Crippen LogP contribution < -0.4 is 4.74 Å². The minimum absolute atomic E-state index is 0.235. The van der Waals surface area contributed by atoms with E-state index in [1.54, 1.807) is 7.11 Å². The number of carbonyl (C=O) groups excluding carboxylic acids is 1. The Morgan fingerprint density at radius 2 is 1.88 bits per heavy atom. The zero-order chi connectivity index (χ0) is 17.1. The lowest BCUT2D eigenvalue weighted by molar-refractivity contribution is -0.333. The standard InChI is InChI=1S/C17H22O7/c1-10(18)22-14-8-13-15(24-17(14)20-3)9-21-16(23-13)11-4-6-12(19-2)7-5-11/h4-7,13-17H,8-9H2,1-3H3/t13-,14+,15-,16?,17+/m1/s1. The normalized spacial score (nSPS) is 32.7. The second kappa shape index (κ2) is 7.48. The summed E-state index contributed by atoms with van der Waals surface area (Å²) in [6, 6.07) is 7.51. The molecule has 2 aliphatic heterocycles. The van der Waals surface area contributed by atoms with Crippen LogP contribution in [0.25, 0.3) is 0 Å². The van der Waals surface area contributed by atoms with E-state index >= 15 is 0 Å². The average molecular weight is 338 g/mol.